The van der Waals surface area contributed by atoms with E-state index in [0.717, 1.165) is 12.0 Å². The van der Waals surface area contributed by atoms with Gasteiger partial charge in [-0.1, -0.05) is 74.3 Å². The summed E-state index contributed by atoms with van der Waals surface area (Å²) in [7, 11) is 0. The summed E-state index contributed by atoms with van der Waals surface area (Å²) in [5.74, 6) is -0.253. The number of nitrogens with zero attached hydrogens (tertiary/aromatic N) is 1. The minimum Gasteiger partial charge on any atom is -0.345 e. The summed E-state index contributed by atoms with van der Waals surface area (Å²) in [6.07, 6.45) is 0.807. The minimum atomic E-state index is -0.253. The number of hydrogen-bond acceptors (Lipinski definition) is 2. The fourth-order valence-electron chi connectivity index (χ4n) is 2.37. The quantitative estimate of drug-likeness (QED) is 0.760. The average molecular weight is 351 g/mol. The van der Waals surface area contributed by atoms with Gasteiger partial charge in [0.25, 0.3) is 5.91 Å². The topological polar surface area (TPSA) is 42.0 Å². The number of nitrogens with one attached hydrogen (secondary N) is 1. The first-order valence-electron chi connectivity index (χ1n) is 7.44. The highest BCUT2D eigenvalue weighted by atomic mass is 35.5. The molecule has 0 saturated heterocycles. The van der Waals surface area contributed by atoms with Crippen molar-refractivity contribution >= 4 is 29.1 Å². The largest absolute Gasteiger partial charge is 0.345 e. The predicted octanol–water partition coefficient (Wildman–Crippen LogP) is 5.30. The zero-order chi connectivity index (χ0) is 17.0. The number of amides is 1. The number of carbonyl (C=O) groups excluding carboxylic acids is 1. The second kappa shape index (κ2) is 7.33. The van der Waals surface area contributed by atoms with Crippen molar-refractivity contribution in [2.75, 3.05) is 0 Å². The molecular weight excluding hydrogens is 331 g/mol. The Morgan fingerprint density at radius 3 is 2.35 bits per heavy atom. The fraction of sp³-hybridized carbons (Fsp3) is 0.333. The molecule has 3 nitrogen and oxygen atoms in total. The number of halogens is 2. The lowest BCUT2D eigenvalue weighted by atomic mass is 9.85. The SMILES string of the molecule is CC(C)(C)CC(NC(=O)c1ccc(Cl)nc1Cl)c1ccccc1. The maximum Gasteiger partial charge on any atom is 0.254 e. The van der Waals surface area contributed by atoms with E-state index in [1.54, 1.807) is 12.1 Å². The molecule has 0 radical (unpaired) electrons. The average Bonchev–Trinajstić information content (AvgIpc) is 2.46. The van der Waals surface area contributed by atoms with Crippen LogP contribution in [0.1, 0.15) is 49.2 Å². The Kier molecular flexibility index (Phi) is 5.66. The minimum absolute atomic E-state index is 0.0653. The molecule has 1 aromatic carbocycles. The summed E-state index contributed by atoms with van der Waals surface area (Å²) in [6.45, 7) is 6.43. The third kappa shape index (κ3) is 5.22. The lowest BCUT2D eigenvalue weighted by Gasteiger charge is -2.27. The van der Waals surface area contributed by atoms with Crippen LogP contribution in [0.2, 0.25) is 10.3 Å². The smallest absolute Gasteiger partial charge is 0.254 e. The van der Waals surface area contributed by atoms with Crippen molar-refractivity contribution in [2.45, 2.75) is 33.2 Å². The lowest BCUT2D eigenvalue weighted by Crippen LogP contribution is -2.31. The molecule has 1 atom stereocenters. The second-order valence-corrected chi connectivity index (χ2v) is 7.42. The van der Waals surface area contributed by atoms with E-state index in [4.69, 9.17) is 23.2 Å². The van der Waals surface area contributed by atoms with Gasteiger partial charge >= 0.3 is 0 Å². The molecule has 0 saturated carbocycles. The zero-order valence-corrected chi connectivity index (χ0v) is 14.9. The molecule has 0 aliphatic rings. The lowest BCUT2D eigenvalue weighted by molar-refractivity contribution is 0.0926. The van der Waals surface area contributed by atoms with Gasteiger partial charge in [0.15, 0.2) is 0 Å². The maximum atomic E-state index is 12.6. The highest BCUT2D eigenvalue weighted by molar-refractivity contribution is 6.34. The predicted molar refractivity (Wildman–Crippen MR) is 95.0 cm³/mol. The van der Waals surface area contributed by atoms with Crippen LogP contribution in [0.3, 0.4) is 0 Å². The standard InChI is InChI=1S/C18H20Cl2N2O/c1-18(2,3)11-14(12-7-5-4-6-8-12)21-17(23)13-9-10-15(19)22-16(13)20/h4-10,14H,11H2,1-3H3,(H,21,23). The molecule has 2 aromatic rings. The van der Waals surface area contributed by atoms with Crippen LogP contribution in [0, 0.1) is 5.41 Å². The van der Waals surface area contributed by atoms with Gasteiger partial charge in [-0.25, -0.2) is 4.98 Å². The molecule has 122 valence electrons. The van der Waals surface area contributed by atoms with Crippen molar-refractivity contribution in [3.05, 3.63) is 63.9 Å². The van der Waals surface area contributed by atoms with Crippen LogP contribution in [0.4, 0.5) is 0 Å². The van der Waals surface area contributed by atoms with Crippen LogP contribution in [0.5, 0.6) is 0 Å². The number of pyridine rings is 1. The van der Waals surface area contributed by atoms with Gasteiger partial charge in [0, 0.05) is 0 Å². The van der Waals surface area contributed by atoms with Gasteiger partial charge in [-0.2, -0.15) is 0 Å². The monoisotopic (exact) mass is 350 g/mol. The third-order valence-electron chi connectivity index (χ3n) is 3.38. The molecule has 0 fully saturated rings. The van der Waals surface area contributed by atoms with Crippen molar-refractivity contribution in [3.63, 3.8) is 0 Å². The number of rotatable bonds is 4. The molecule has 1 N–H and O–H groups in total. The summed E-state index contributed by atoms with van der Waals surface area (Å²) in [5, 5.41) is 3.43. The van der Waals surface area contributed by atoms with Crippen molar-refractivity contribution in [3.8, 4) is 0 Å². The van der Waals surface area contributed by atoms with Gasteiger partial charge in [0.2, 0.25) is 0 Å². The highest BCUT2D eigenvalue weighted by Gasteiger charge is 2.23. The van der Waals surface area contributed by atoms with Crippen LogP contribution in [-0.4, -0.2) is 10.9 Å². The number of carbonyl (C=O) groups is 1. The molecule has 1 unspecified atom stereocenters. The Bertz CT molecular complexity index is 681. The molecule has 0 aliphatic carbocycles. The number of benzene rings is 1. The highest BCUT2D eigenvalue weighted by Crippen LogP contribution is 2.30. The Hall–Kier alpha value is -1.58. The normalized spacial score (nSPS) is 12.7. The van der Waals surface area contributed by atoms with Crippen molar-refractivity contribution in [1.82, 2.24) is 10.3 Å². The van der Waals surface area contributed by atoms with E-state index in [2.05, 4.69) is 31.1 Å². The van der Waals surface area contributed by atoms with E-state index < -0.39 is 0 Å². The second-order valence-electron chi connectivity index (χ2n) is 6.67. The van der Waals surface area contributed by atoms with Crippen LogP contribution in [0.15, 0.2) is 42.5 Å². The maximum absolute atomic E-state index is 12.6. The van der Waals surface area contributed by atoms with Crippen LogP contribution in [-0.2, 0) is 0 Å². The van der Waals surface area contributed by atoms with Gasteiger partial charge in [-0.3, -0.25) is 4.79 Å². The van der Waals surface area contributed by atoms with Crippen molar-refractivity contribution in [2.24, 2.45) is 5.41 Å². The van der Waals surface area contributed by atoms with E-state index >= 15 is 0 Å². The van der Waals surface area contributed by atoms with E-state index in [-0.39, 0.29) is 27.7 Å². The summed E-state index contributed by atoms with van der Waals surface area (Å²) in [6, 6.07) is 13.0. The first-order valence-corrected chi connectivity index (χ1v) is 8.20. The van der Waals surface area contributed by atoms with Crippen LogP contribution >= 0.6 is 23.2 Å². The molecular formula is C18H20Cl2N2O. The summed E-state index contributed by atoms with van der Waals surface area (Å²) >= 11 is 11.8. The van der Waals surface area contributed by atoms with E-state index in [1.807, 2.05) is 30.3 Å². The molecule has 1 amide bonds. The molecule has 0 spiro atoms. The molecule has 1 heterocycles. The zero-order valence-electron chi connectivity index (χ0n) is 13.4. The van der Waals surface area contributed by atoms with E-state index in [0.29, 0.717) is 5.56 Å². The molecule has 23 heavy (non-hydrogen) atoms. The van der Waals surface area contributed by atoms with Crippen molar-refractivity contribution < 1.29 is 4.79 Å². The van der Waals surface area contributed by atoms with Gasteiger partial charge in [-0.05, 0) is 29.5 Å². The summed E-state index contributed by atoms with van der Waals surface area (Å²) in [4.78, 5) is 16.5. The molecule has 0 bridgehead atoms. The van der Waals surface area contributed by atoms with Crippen LogP contribution < -0.4 is 5.32 Å². The number of aromatic nitrogens is 1. The molecule has 5 heteroatoms. The molecule has 0 aliphatic heterocycles. The van der Waals surface area contributed by atoms with Gasteiger partial charge in [-0.15, -0.1) is 0 Å². The Morgan fingerprint density at radius 1 is 1.13 bits per heavy atom. The van der Waals surface area contributed by atoms with Crippen molar-refractivity contribution in [1.29, 1.82) is 0 Å². The fourth-order valence-corrected chi connectivity index (χ4v) is 2.80. The third-order valence-corrected chi connectivity index (χ3v) is 3.88. The Labute approximate surface area is 147 Å². The van der Waals surface area contributed by atoms with E-state index in [1.165, 1.54) is 0 Å². The Balaban J connectivity index is 2.25. The molecule has 1 aromatic heterocycles. The number of hydrogen-bond donors (Lipinski definition) is 1. The summed E-state index contributed by atoms with van der Waals surface area (Å²) < 4.78 is 0. The first-order chi connectivity index (χ1) is 10.8. The summed E-state index contributed by atoms with van der Waals surface area (Å²) in [5.41, 5.74) is 1.45. The van der Waals surface area contributed by atoms with E-state index in [9.17, 15) is 4.79 Å². The van der Waals surface area contributed by atoms with Gasteiger partial charge in [0.1, 0.15) is 10.3 Å². The first kappa shape index (κ1) is 17.8. The van der Waals surface area contributed by atoms with Gasteiger partial charge < -0.3 is 5.32 Å². The molecule has 2 rings (SSSR count). The van der Waals surface area contributed by atoms with Gasteiger partial charge in [0.05, 0.1) is 11.6 Å². The Morgan fingerprint density at radius 2 is 1.78 bits per heavy atom. The van der Waals surface area contributed by atoms with Crippen LogP contribution in [0.25, 0.3) is 0 Å².